The fraction of sp³-hybridized carbons (Fsp3) is 0.583. The van der Waals surface area contributed by atoms with Crippen LogP contribution in [0.4, 0.5) is 4.79 Å². The van der Waals surface area contributed by atoms with E-state index in [4.69, 9.17) is 0 Å². The van der Waals surface area contributed by atoms with E-state index in [1.165, 1.54) is 4.88 Å². The summed E-state index contributed by atoms with van der Waals surface area (Å²) in [6.45, 7) is 2.79. The smallest absolute Gasteiger partial charge is 0.318 e. The third-order valence-corrected chi connectivity index (χ3v) is 5.39. The molecule has 2 aliphatic heterocycles. The lowest BCUT2D eigenvalue weighted by Gasteiger charge is -2.30. The summed E-state index contributed by atoms with van der Waals surface area (Å²) >= 11 is 5.15. The van der Waals surface area contributed by atoms with E-state index in [0.29, 0.717) is 6.04 Å². The zero-order valence-corrected chi connectivity index (χ0v) is 12.4. The van der Waals surface area contributed by atoms with Crippen molar-refractivity contribution in [3.05, 3.63) is 20.8 Å². The van der Waals surface area contributed by atoms with Crippen molar-refractivity contribution in [1.82, 2.24) is 15.5 Å². The predicted molar refractivity (Wildman–Crippen MR) is 75.9 cm³/mol. The maximum absolute atomic E-state index is 12.0. The zero-order chi connectivity index (χ0) is 12.5. The number of amides is 2. The first-order valence-corrected chi connectivity index (χ1v) is 7.93. The molecule has 1 aromatic rings. The first-order valence-electron chi connectivity index (χ1n) is 6.26. The van der Waals surface area contributed by atoms with Crippen LogP contribution in [0.3, 0.4) is 0 Å². The van der Waals surface area contributed by atoms with Crippen molar-refractivity contribution in [2.45, 2.75) is 24.9 Å². The lowest BCUT2D eigenvalue weighted by atomic mass is 10.1. The van der Waals surface area contributed by atoms with E-state index in [1.807, 2.05) is 4.90 Å². The summed E-state index contributed by atoms with van der Waals surface area (Å²) in [5.74, 6) is 0. The van der Waals surface area contributed by atoms with Crippen LogP contribution in [-0.4, -0.2) is 36.6 Å². The van der Waals surface area contributed by atoms with Gasteiger partial charge in [0.2, 0.25) is 0 Å². The van der Waals surface area contributed by atoms with Gasteiger partial charge >= 0.3 is 6.03 Å². The van der Waals surface area contributed by atoms with Gasteiger partial charge in [0.05, 0.1) is 6.04 Å². The third kappa shape index (κ3) is 2.41. The summed E-state index contributed by atoms with van der Waals surface area (Å²) in [7, 11) is 0. The standard InChI is InChI=1S/C12H16BrN3OS/c13-8-4-11(18-7-8)10-6-16(12(17)15-10)9-2-1-3-14-5-9/h4,7,9-10,14H,1-3,5-6H2,(H,15,17). The fourth-order valence-corrected chi connectivity index (χ4v) is 4.13. The van der Waals surface area contributed by atoms with Crippen LogP contribution >= 0.6 is 27.3 Å². The Morgan fingerprint density at radius 1 is 1.50 bits per heavy atom. The fourth-order valence-electron chi connectivity index (χ4n) is 2.64. The lowest BCUT2D eigenvalue weighted by molar-refractivity contribution is 0.184. The van der Waals surface area contributed by atoms with Crippen LogP contribution < -0.4 is 10.6 Å². The van der Waals surface area contributed by atoms with Crippen LogP contribution in [0.25, 0.3) is 0 Å². The Morgan fingerprint density at radius 3 is 3.06 bits per heavy atom. The van der Waals surface area contributed by atoms with Gasteiger partial charge in [-0.1, -0.05) is 0 Å². The highest BCUT2D eigenvalue weighted by Gasteiger charge is 2.35. The topological polar surface area (TPSA) is 44.4 Å². The summed E-state index contributed by atoms with van der Waals surface area (Å²) in [4.78, 5) is 15.3. The summed E-state index contributed by atoms with van der Waals surface area (Å²) in [5, 5.41) is 8.51. The van der Waals surface area contributed by atoms with Crippen molar-refractivity contribution in [3.63, 3.8) is 0 Å². The van der Waals surface area contributed by atoms with Crippen molar-refractivity contribution in [2.75, 3.05) is 19.6 Å². The maximum atomic E-state index is 12.0. The first-order chi connectivity index (χ1) is 8.74. The quantitative estimate of drug-likeness (QED) is 0.874. The molecule has 2 aliphatic rings. The second kappa shape index (κ2) is 5.19. The minimum atomic E-state index is 0.0817. The molecule has 2 atom stereocenters. The van der Waals surface area contributed by atoms with E-state index in [-0.39, 0.29) is 12.1 Å². The Hall–Kier alpha value is -0.590. The molecular formula is C12H16BrN3OS. The second-order valence-corrected chi connectivity index (χ2v) is 6.68. The summed E-state index contributed by atoms with van der Waals surface area (Å²) < 4.78 is 1.09. The number of thiophene rings is 1. The average molecular weight is 330 g/mol. The molecule has 2 unspecified atom stereocenters. The van der Waals surface area contributed by atoms with E-state index < -0.39 is 0 Å². The van der Waals surface area contributed by atoms with Gasteiger partial charge in [-0.15, -0.1) is 11.3 Å². The third-order valence-electron chi connectivity index (χ3n) is 3.58. The second-order valence-electron chi connectivity index (χ2n) is 4.82. The molecular weight excluding hydrogens is 314 g/mol. The van der Waals surface area contributed by atoms with Gasteiger partial charge in [-0.05, 0) is 41.4 Å². The Balaban J connectivity index is 1.69. The maximum Gasteiger partial charge on any atom is 0.318 e. The molecule has 0 bridgehead atoms. The molecule has 3 rings (SSSR count). The summed E-state index contributed by atoms with van der Waals surface area (Å²) in [6.07, 6.45) is 2.27. The highest BCUT2D eigenvalue weighted by Crippen LogP contribution is 2.30. The Labute approximate surface area is 119 Å². The number of piperidine rings is 1. The normalized spacial score (nSPS) is 28.5. The molecule has 2 N–H and O–H groups in total. The minimum Gasteiger partial charge on any atom is -0.329 e. The Kier molecular flexibility index (Phi) is 3.59. The first kappa shape index (κ1) is 12.4. The molecule has 18 heavy (non-hydrogen) atoms. The lowest BCUT2D eigenvalue weighted by Crippen LogP contribution is -2.47. The van der Waals surface area contributed by atoms with Crippen molar-refractivity contribution in [2.24, 2.45) is 0 Å². The monoisotopic (exact) mass is 329 g/mol. The van der Waals surface area contributed by atoms with E-state index in [2.05, 4.69) is 38.0 Å². The summed E-state index contributed by atoms with van der Waals surface area (Å²) in [5.41, 5.74) is 0. The van der Waals surface area contributed by atoms with Gasteiger partial charge in [0.15, 0.2) is 0 Å². The molecule has 2 amide bonds. The van der Waals surface area contributed by atoms with Crippen molar-refractivity contribution in [3.8, 4) is 0 Å². The number of urea groups is 1. The molecule has 2 saturated heterocycles. The molecule has 0 radical (unpaired) electrons. The van der Waals surface area contributed by atoms with Gasteiger partial charge in [0, 0.05) is 33.9 Å². The molecule has 0 saturated carbocycles. The Morgan fingerprint density at radius 2 is 2.39 bits per heavy atom. The van der Waals surface area contributed by atoms with Gasteiger partial charge in [-0.2, -0.15) is 0 Å². The van der Waals surface area contributed by atoms with Gasteiger partial charge < -0.3 is 15.5 Å². The molecule has 0 aliphatic carbocycles. The number of nitrogens with one attached hydrogen (secondary N) is 2. The average Bonchev–Trinajstić information content (AvgIpc) is 2.97. The number of carbonyl (C=O) groups is 1. The van der Waals surface area contributed by atoms with E-state index in [1.54, 1.807) is 11.3 Å². The number of rotatable bonds is 2. The van der Waals surface area contributed by atoms with Gasteiger partial charge in [-0.25, -0.2) is 4.79 Å². The minimum absolute atomic E-state index is 0.0817. The largest absolute Gasteiger partial charge is 0.329 e. The van der Waals surface area contributed by atoms with Crippen LogP contribution in [0.5, 0.6) is 0 Å². The van der Waals surface area contributed by atoms with Crippen molar-refractivity contribution >= 4 is 33.3 Å². The molecule has 98 valence electrons. The number of nitrogens with zero attached hydrogens (tertiary/aromatic N) is 1. The van der Waals surface area contributed by atoms with Crippen LogP contribution in [0, 0.1) is 0 Å². The van der Waals surface area contributed by atoms with E-state index >= 15 is 0 Å². The van der Waals surface area contributed by atoms with Gasteiger partial charge in [0.1, 0.15) is 0 Å². The van der Waals surface area contributed by atoms with Crippen molar-refractivity contribution < 1.29 is 4.79 Å². The number of hydrogen-bond donors (Lipinski definition) is 2. The molecule has 0 spiro atoms. The predicted octanol–water partition coefficient (Wildman–Crippen LogP) is 2.33. The van der Waals surface area contributed by atoms with Gasteiger partial charge in [0.25, 0.3) is 0 Å². The highest BCUT2D eigenvalue weighted by atomic mass is 79.9. The molecule has 0 aromatic carbocycles. The zero-order valence-electron chi connectivity index (χ0n) is 9.99. The molecule has 4 nitrogen and oxygen atoms in total. The van der Waals surface area contributed by atoms with Crippen LogP contribution in [0.15, 0.2) is 15.9 Å². The van der Waals surface area contributed by atoms with E-state index in [0.717, 1.165) is 36.9 Å². The van der Waals surface area contributed by atoms with Crippen molar-refractivity contribution in [1.29, 1.82) is 0 Å². The number of halogens is 1. The molecule has 6 heteroatoms. The van der Waals surface area contributed by atoms with Crippen LogP contribution in [-0.2, 0) is 0 Å². The summed E-state index contributed by atoms with van der Waals surface area (Å²) in [6, 6.07) is 2.68. The number of hydrogen-bond acceptors (Lipinski definition) is 3. The van der Waals surface area contributed by atoms with E-state index in [9.17, 15) is 4.79 Å². The molecule has 2 fully saturated rings. The number of carbonyl (C=O) groups excluding carboxylic acids is 1. The highest BCUT2D eigenvalue weighted by molar-refractivity contribution is 9.10. The molecule has 1 aromatic heterocycles. The van der Waals surface area contributed by atoms with Crippen LogP contribution in [0.2, 0.25) is 0 Å². The Bertz CT molecular complexity index is 444. The SMILES string of the molecule is O=C1NC(c2cc(Br)cs2)CN1C1CCCNC1. The van der Waals surface area contributed by atoms with Crippen LogP contribution in [0.1, 0.15) is 23.8 Å². The molecule has 3 heterocycles. The van der Waals surface area contributed by atoms with Gasteiger partial charge in [-0.3, -0.25) is 0 Å².